The molecule has 1 atom stereocenters. The summed E-state index contributed by atoms with van der Waals surface area (Å²) in [6.45, 7) is 5.76. The van der Waals surface area contributed by atoms with E-state index in [1.165, 1.54) is 19.2 Å². The molecule has 0 aromatic heterocycles. The van der Waals surface area contributed by atoms with Gasteiger partial charge in [-0.15, -0.1) is 24.8 Å². The number of nitrogens with zero attached hydrogens (tertiary/aromatic N) is 1. The quantitative estimate of drug-likeness (QED) is 0.852. The van der Waals surface area contributed by atoms with Gasteiger partial charge in [-0.3, -0.25) is 4.90 Å². The minimum Gasteiger partial charge on any atom is -0.504 e. The number of halogens is 3. The van der Waals surface area contributed by atoms with E-state index in [2.05, 4.69) is 17.1 Å². The molecule has 1 aromatic carbocycles. The number of benzene rings is 1. The Morgan fingerprint density at radius 3 is 2.50 bits per heavy atom. The van der Waals surface area contributed by atoms with E-state index >= 15 is 0 Å². The third-order valence-electron chi connectivity index (χ3n) is 3.80. The number of phenolic OH excluding ortho intramolecular Hbond substituents is 1. The number of piperazine rings is 1. The first-order chi connectivity index (χ1) is 9.67. The van der Waals surface area contributed by atoms with Crippen molar-refractivity contribution in [3.63, 3.8) is 0 Å². The van der Waals surface area contributed by atoms with E-state index in [-0.39, 0.29) is 48.2 Å². The van der Waals surface area contributed by atoms with E-state index in [0.717, 1.165) is 39.0 Å². The second kappa shape index (κ2) is 10.1. The Hall–Kier alpha value is -0.750. The van der Waals surface area contributed by atoms with Crippen molar-refractivity contribution in [2.75, 3.05) is 33.3 Å². The molecule has 0 saturated carbocycles. The maximum Gasteiger partial charge on any atom is 0.163 e. The van der Waals surface area contributed by atoms with Gasteiger partial charge in [-0.25, -0.2) is 4.39 Å². The summed E-state index contributed by atoms with van der Waals surface area (Å²) >= 11 is 0. The largest absolute Gasteiger partial charge is 0.504 e. The van der Waals surface area contributed by atoms with Crippen LogP contribution in [-0.4, -0.2) is 43.3 Å². The molecule has 4 nitrogen and oxygen atoms in total. The lowest BCUT2D eigenvalue weighted by Crippen LogP contribution is -2.45. The molecule has 1 aliphatic heterocycles. The van der Waals surface area contributed by atoms with Crippen molar-refractivity contribution in [3.8, 4) is 11.5 Å². The van der Waals surface area contributed by atoms with Gasteiger partial charge < -0.3 is 15.2 Å². The van der Waals surface area contributed by atoms with E-state index in [1.807, 2.05) is 0 Å². The van der Waals surface area contributed by atoms with Crippen molar-refractivity contribution in [3.05, 3.63) is 23.5 Å². The van der Waals surface area contributed by atoms with Gasteiger partial charge in [-0.05, 0) is 12.5 Å². The van der Waals surface area contributed by atoms with Crippen LogP contribution in [0.2, 0.25) is 0 Å². The van der Waals surface area contributed by atoms with Crippen LogP contribution in [0.5, 0.6) is 11.5 Å². The molecule has 7 heteroatoms. The first-order valence-corrected chi connectivity index (χ1v) is 7.18. The van der Waals surface area contributed by atoms with Gasteiger partial charge in [0.15, 0.2) is 11.5 Å². The molecule has 2 rings (SSSR count). The highest BCUT2D eigenvalue weighted by molar-refractivity contribution is 5.85. The molecule has 0 radical (unpaired) electrons. The van der Waals surface area contributed by atoms with E-state index in [4.69, 9.17) is 4.74 Å². The summed E-state index contributed by atoms with van der Waals surface area (Å²) in [6.07, 6.45) is 1.87. The Morgan fingerprint density at radius 1 is 1.32 bits per heavy atom. The zero-order valence-electron chi connectivity index (χ0n) is 13.0. The highest BCUT2D eigenvalue weighted by Gasteiger charge is 2.26. The first-order valence-electron chi connectivity index (χ1n) is 7.18. The molecule has 1 fully saturated rings. The number of hydrogen-bond donors (Lipinski definition) is 2. The summed E-state index contributed by atoms with van der Waals surface area (Å²) < 4.78 is 18.8. The smallest absolute Gasteiger partial charge is 0.163 e. The topological polar surface area (TPSA) is 44.7 Å². The van der Waals surface area contributed by atoms with Gasteiger partial charge in [-0.2, -0.15) is 0 Å². The predicted molar refractivity (Wildman–Crippen MR) is 91.2 cm³/mol. The average molecular weight is 355 g/mol. The zero-order chi connectivity index (χ0) is 14.5. The van der Waals surface area contributed by atoms with E-state index < -0.39 is 0 Å². The van der Waals surface area contributed by atoms with Gasteiger partial charge in [0.25, 0.3) is 0 Å². The highest BCUT2D eigenvalue weighted by Crippen LogP contribution is 2.39. The Kier molecular flexibility index (Phi) is 9.76. The summed E-state index contributed by atoms with van der Waals surface area (Å²) in [5, 5.41) is 13.6. The average Bonchev–Trinajstić information content (AvgIpc) is 2.48. The molecule has 1 saturated heterocycles. The van der Waals surface area contributed by atoms with E-state index in [9.17, 15) is 9.50 Å². The Labute approximate surface area is 143 Å². The number of hydrogen-bond acceptors (Lipinski definition) is 4. The summed E-state index contributed by atoms with van der Waals surface area (Å²) in [4.78, 5) is 2.30. The van der Waals surface area contributed by atoms with Gasteiger partial charge in [-0.1, -0.05) is 13.3 Å². The summed E-state index contributed by atoms with van der Waals surface area (Å²) in [6, 6.07) is 2.69. The minimum atomic E-state index is -0.370. The first kappa shape index (κ1) is 21.2. The SMILES string of the molecule is CCC[C@@H](c1cc(F)cc(OC)c1O)N1CCNCC1.Cl.Cl. The van der Waals surface area contributed by atoms with Gasteiger partial charge >= 0.3 is 0 Å². The van der Waals surface area contributed by atoms with Crippen LogP contribution in [0.4, 0.5) is 4.39 Å². The van der Waals surface area contributed by atoms with Crippen LogP contribution in [0.25, 0.3) is 0 Å². The molecule has 0 bridgehead atoms. The molecule has 0 unspecified atom stereocenters. The van der Waals surface area contributed by atoms with Crippen LogP contribution >= 0.6 is 24.8 Å². The predicted octanol–water partition coefficient (Wildman–Crippen LogP) is 3.13. The third kappa shape index (κ3) is 4.88. The van der Waals surface area contributed by atoms with Crippen LogP contribution < -0.4 is 10.1 Å². The lowest BCUT2D eigenvalue weighted by Gasteiger charge is -2.35. The zero-order valence-corrected chi connectivity index (χ0v) is 14.6. The molecular weight excluding hydrogens is 330 g/mol. The van der Waals surface area contributed by atoms with Gasteiger partial charge in [0.2, 0.25) is 0 Å². The molecule has 0 spiro atoms. The molecule has 128 valence electrons. The van der Waals surface area contributed by atoms with Crippen LogP contribution in [-0.2, 0) is 0 Å². The van der Waals surface area contributed by atoms with Crippen molar-refractivity contribution < 1.29 is 14.2 Å². The molecule has 1 aromatic rings. The van der Waals surface area contributed by atoms with E-state index in [1.54, 1.807) is 0 Å². The van der Waals surface area contributed by atoms with Gasteiger partial charge in [0.1, 0.15) is 5.82 Å². The molecule has 0 aliphatic carbocycles. The van der Waals surface area contributed by atoms with Crippen molar-refractivity contribution in [2.45, 2.75) is 25.8 Å². The summed E-state index contributed by atoms with van der Waals surface area (Å²) in [5.41, 5.74) is 0.630. The highest BCUT2D eigenvalue weighted by atomic mass is 35.5. The van der Waals surface area contributed by atoms with Crippen molar-refractivity contribution >= 4 is 24.8 Å². The number of nitrogens with one attached hydrogen (secondary N) is 1. The molecule has 1 heterocycles. The fraction of sp³-hybridized carbons (Fsp3) is 0.600. The fourth-order valence-corrected chi connectivity index (χ4v) is 2.81. The van der Waals surface area contributed by atoms with Gasteiger partial charge in [0, 0.05) is 43.9 Å². The maximum absolute atomic E-state index is 13.7. The van der Waals surface area contributed by atoms with E-state index in [0.29, 0.717) is 5.56 Å². The molecule has 22 heavy (non-hydrogen) atoms. The second-order valence-corrected chi connectivity index (χ2v) is 5.14. The van der Waals surface area contributed by atoms with Crippen molar-refractivity contribution in [1.82, 2.24) is 10.2 Å². The minimum absolute atomic E-state index is 0. The lowest BCUT2D eigenvalue weighted by atomic mass is 9.98. The van der Waals surface area contributed by atoms with Crippen LogP contribution in [0, 0.1) is 5.82 Å². The number of methoxy groups -OCH3 is 1. The van der Waals surface area contributed by atoms with Crippen LogP contribution in [0.1, 0.15) is 31.4 Å². The number of phenols is 1. The molecule has 1 aliphatic rings. The Balaban J connectivity index is 0.00000220. The fourth-order valence-electron chi connectivity index (χ4n) is 2.81. The molecular formula is C15H25Cl2FN2O2. The summed E-state index contributed by atoms with van der Waals surface area (Å²) in [7, 11) is 1.44. The number of rotatable bonds is 5. The Morgan fingerprint density at radius 2 is 1.95 bits per heavy atom. The Bertz CT molecular complexity index is 457. The summed E-state index contributed by atoms with van der Waals surface area (Å²) in [5.74, 6) is -0.104. The standard InChI is InChI=1S/C15H23FN2O2.2ClH/c1-3-4-13(18-7-5-17-6-8-18)12-9-11(16)10-14(20-2)15(12)19;;/h9-10,13,17,19H,3-8H2,1-2H3;2*1H/t13-;;/m0../s1. The normalized spacial score (nSPS) is 16.3. The molecule has 2 N–H and O–H groups in total. The number of ether oxygens (including phenoxy) is 1. The third-order valence-corrected chi connectivity index (χ3v) is 3.80. The number of aromatic hydroxyl groups is 1. The van der Waals surface area contributed by atoms with Crippen molar-refractivity contribution in [1.29, 1.82) is 0 Å². The molecule has 0 amide bonds. The van der Waals surface area contributed by atoms with Gasteiger partial charge in [0.05, 0.1) is 7.11 Å². The maximum atomic E-state index is 13.7. The van der Waals surface area contributed by atoms with Crippen molar-refractivity contribution in [2.24, 2.45) is 0 Å². The monoisotopic (exact) mass is 354 g/mol. The van der Waals surface area contributed by atoms with Crippen LogP contribution in [0.3, 0.4) is 0 Å². The van der Waals surface area contributed by atoms with Crippen LogP contribution in [0.15, 0.2) is 12.1 Å². The lowest BCUT2D eigenvalue weighted by molar-refractivity contribution is 0.161. The second-order valence-electron chi connectivity index (χ2n) is 5.14.